The van der Waals surface area contributed by atoms with Crippen LogP contribution in [0.3, 0.4) is 0 Å². The number of anilines is 1. The molecule has 1 fully saturated rings. The molecule has 33 heavy (non-hydrogen) atoms. The monoisotopic (exact) mass is 454 g/mol. The maximum atomic E-state index is 13.1. The zero-order valence-electron chi connectivity index (χ0n) is 18.5. The van der Waals surface area contributed by atoms with Crippen LogP contribution >= 0.6 is 0 Å². The van der Waals surface area contributed by atoms with Gasteiger partial charge < -0.3 is 15.0 Å². The smallest absolute Gasteiger partial charge is 0.309 e. The Labute approximate surface area is 190 Å². The zero-order chi connectivity index (χ0) is 23.2. The van der Waals surface area contributed by atoms with Gasteiger partial charge in [0.05, 0.1) is 12.5 Å². The number of piperidine rings is 1. The van der Waals surface area contributed by atoms with Crippen LogP contribution in [0.25, 0.3) is 5.65 Å². The molecule has 0 radical (unpaired) electrons. The van der Waals surface area contributed by atoms with Crippen LogP contribution in [0.15, 0.2) is 36.4 Å². The maximum Gasteiger partial charge on any atom is 0.309 e. The van der Waals surface area contributed by atoms with E-state index in [9.17, 15) is 14.0 Å². The Hall–Kier alpha value is -3.56. The van der Waals surface area contributed by atoms with Crippen molar-refractivity contribution in [3.8, 4) is 0 Å². The Kier molecular flexibility index (Phi) is 7.11. The van der Waals surface area contributed by atoms with Gasteiger partial charge >= 0.3 is 5.97 Å². The molecule has 1 aliphatic rings. The number of carbonyl (C=O) groups is 2. The molecule has 9 nitrogen and oxygen atoms in total. The summed E-state index contributed by atoms with van der Waals surface area (Å²) in [5.41, 5.74) is 1.53. The fourth-order valence-electron chi connectivity index (χ4n) is 3.88. The normalized spacial score (nSPS) is 14.4. The van der Waals surface area contributed by atoms with Crippen LogP contribution in [-0.2, 0) is 27.3 Å². The number of benzene rings is 1. The summed E-state index contributed by atoms with van der Waals surface area (Å²) in [6.45, 7) is 3.78. The van der Waals surface area contributed by atoms with E-state index in [4.69, 9.17) is 4.74 Å². The van der Waals surface area contributed by atoms with Gasteiger partial charge in [-0.15, -0.1) is 15.3 Å². The van der Waals surface area contributed by atoms with Gasteiger partial charge in [0, 0.05) is 32.5 Å². The number of nitrogens with one attached hydrogen (secondary N) is 1. The highest BCUT2D eigenvalue weighted by Crippen LogP contribution is 2.20. The fourth-order valence-corrected chi connectivity index (χ4v) is 3.88. The van der Waals surface area contributed by atoms with E-state index in [1.807, 2.05) is 0 Å². The van der Waals surface area contributed by atoms with Crippen molar-refractivity contribution in [2.75, 3.05) is 25.0 Å². The van der Waals surface area contributed by atoms with Gasteiger partial charge in [0.1, 0.15) is 11.6 Å². The molecule has 1 amide bonds. The average Bonchev–Trinajstić information content (AvgIpc) is 3.24. The summed E-state index contributed by atoms with van der Waals surface area (Å²) < 4.78 is 19.8. The zero-order valence-corrected chi connectivity index (χ0v) is 18.5. The molecule has 1 saturated heterocycles. The summed E-state index contributed by atoms with van der Waals surface area (Å²) in [6.07, 6.45) is 1.96. The second kappa shape index (κ2) is 10.4. The number of amides is 1. The van der Waals surface area contributed by atoms with Gasteiger partial charge in [-0.1, -0.05) is 12.1 Å². The van der Waals surface area contributed by atoms with Crippen molar-refractivity contribution in [3.63, 3.8) is 0 Å². The average molecular weight is 455 g/mol. The van der Waals surface area contributed by atoms with Crippen molar-refractivity contribution in [1.82, 2.24) is 24.7 Å². The molecule has 0 spiro atoms. The van der Waals surface area contributed by atoms with Gasteiger partial charge in [0.15, 0.2) is 11.5 Å². The predicted octanol–water partition coefficient (Wildman–Crippen LogP) is 2.61. The molecule has 3 heterocycles. The topological polar surface area (TPSA) is 102 Å². The molecule has 0 saturated carbocycles. The maximum absolute atomic E-state index is 13.1. The molecule has 1 aromatic carbocycles. The predicted molar refractivity (Wildman–Crippen MR) is 119 cm³/mol. The number of ether oxygens (including phenoxy) is 1. The van der Waals surface area contributed by atoms with Crippen LogP contribution in [0, 0.1) is 11.7 Å². The van der Waals surface area contributed by atoms with E-state index in [2.05, 4.69) is 20.6 Å². The Morgan fingerprint density at radius 3 is 2.61 bits per heavy atom. The number of carbonyl (C=O) groups excluding carboxylic acids is 2. The van der Waals surface area contributed by atoms with Crippen LogP contribution in [0.5, 0.6) is 0 Å². The molecule has 1 N–H and O–H groups in total. The molecule has 3 aromatic rings. The van der Waals surface area contributed by atoms with Gasteiger partial charge in [-0.3, -0.25) is 9.59 Å². The second-order valence-corrected chi connectivity index (χ2v) is 7.99. The van der Waals surface area contributed by atoms with Crippen LogP contribution in [0.2, 0.25) is 0 Å². The molecule has 0 unspecified atom stereocenters. The lowest BCUT2D eigenvalue weighted by Crippen LogP contribution is -2.40. The number of nitrogens with zero attached hydrogens (tertiary/aromatic N) is 5. The minimum absolute atomic E-state index is 0.0275. The number of aryl methyl sites for hydroxylation is 1. The van der Waals surface area contributed by atoms with E-state index in [1.54, 1.807) is 40.6 Å². The molecule has 0 bridgehead atoms. The quantitative estimate of drug-likeness (QED) is 0.522. The molecule has 174 valence electrons. The number of fused-ring (bicyclic) bond motifs is 1. The summed E-state index contributed by atoms with van der Waals surface area (Å²) in [6, 6.07) is 9.87. The van der Waals surface area contributed by atoms with Crippen molar-refractivity contribution in [1.29, 1.82) is 0 Å². The highest BCUT2D eigenvalue weighted by molar-refractivity contribution is 5.77. The Morgan fingerprint density at radius 2 is 1.88 bits per heavy atom. The Balaban J connectivity index is 1.32. The van der Waals surface area contributed by atoms with E-state index in [1.165, 1.54) is 12.1 Å². The van der Waals surface area contributed by atoms with Crippen LogP contribution < -0.4 is 5.32 Å². The van der Waals surface area contributed by atoms with Gasteiger partial charge in [0.25, 0.3) is 0 Å². The van der Waals surface area contributed by atoms with Crippen LogP contribution in [0.4, 0.5) is 10.2 Å². The summed E-state index contributed by atoms with van der Waals surface area (Å²) in [5.74, 6) is 0.685. The second-order valence-electron chi connectivity index (χ2n) is 7.99. The van der Waals surface area contributed by atoms with Crippen molar-refractivity contribution >= 4 is 23.3 Å². The largest absolute Gasteiger partial charge is 0.466 e. The van der Waals surface area contributed by atoms with Gasteiger partial charge in [-0.05, 0) is 49.6 Å². The lowest BCUT2D eigenvalue weighted by Gasteiger charge is -2.30. The molecule has 0 atom stereocenters. The van der Waals surface area contributed by atoms with Crippen molar-refractivity contribution in [2.45, 2.75) is 39.2 Å². The number of halogens is 1. The van der Waals surface area contributed by atoms with E-state index < -0.39 is 0 Å². The van der Waals surface area contributed by atoms with Crippen molar-refractivity contribution < 1.29 is 18.7 Å². The van der Waals surface area contributed by atoms with Gasteiger partial charge in [-0.2, -0.15) is 4.52 Å². The van der Waals surface area contributed by atoms with Gasteiger partial charge in [0.2, 0.25) is 5.91 Å². The summed E-state index contributed by atoms with van der Waals surface area (Å²) in [7, 11) is 0. The van der Waals surface area contributed by atoms with Gasteiger partial charge in [-0.25, -0.2) is 4.39 Å². The summed E-state index contributed by atoms with van der Waals surface area (Å²) >= 11 is 0. The van der Waals surface area contributed by atoms with Crippen molar-refractivity contribution in [3.05, 3.63) is 53.6 Å². The third-order valence-corrected chi connectivity index (χ3v) is 5.74. The number of aromatic nitrogens is 4. The summed E-state index contributed by atoms with van der Waals surface area (Å²) in [4.78, 5) is 26.3. The number of hydrogen-bond donors (Lipinski definition) is 1. The first-order valence-corrected chi connectivity index (χ1v) is 11.2. The van der Waals surface area contributed by atoms with E-state index in [0.29, 0.717) is 69.2 Å². The molecule has 10 heteroatoms. The molecule has 2 aromatic heterocycles. The fraction of sp³-hybridized carbons (Fsp3) is 0.435. The molecular weight excluding hydrogens is 427 g/mol. The lowest BCUT2D eigenvalue weighted by atomic mass is 9.96. The number of likely N-dealkylation sites (tertiary alicyclic amines) is 1. The standard InChI is InChI=1S/C23H27FN6O3/c1-2-33-23(32)17-11-13-29(14-12-17)22(31)10-9-21-27-26-20-8-7-19(28-30(20)21)25-15-16-3-5-18(24)6-4-16/h3-8,17H,2,9-15H2,1H3,(H,25,28). The molecule has 4 rings (SSSR count). The van der Waals surface area contributed by atoms with Crippen LogP contribution in [0.1, 0.15) is 37.6 Å². The third-order valence-electron chi connectivity index (χ3n) is 5.74. The first-order valence-electron chi connectivity index (χ1n) is 11.2. The molecule has 0 aliphatic carbocycles. The minimum Gasteiger partial charge on any atom is -0.466 e. The van der Waals surface area contributed by atoms with Crippen LogP contribution in [-0.4, -0.2) is 56.3 Å². The SMILES string of the molecule is CCOC(=O)C1CCN(C(=O)CCc2nnc3ccc(NCc4ccc(F)cc4)nn23)CC1. The third kappa shape index (κ3) is 5.63. The summed E-state index contributed by atoms with van der Waals surface area (Å²) in [5, 5.41) is 16.1. The first kappa shape index (κ1) is 22.6. The number of esters is 1. The Bertz CT molecular complexity index is 1110. The van der Waals surface area contributed by atoms with E-state index in [-0.39, 0.29) is 23.6 Å². The lowest BCUT2D eigenvalue weighted by molar-refractivity contribution is -0.151. The highest BCUT2D eigenvalue weighted by Gasteiger charge is 2.28. The van der Waals surface area contributed by atoms with E-state index in [0.717, 1.165) is 5.56 Å². The first-order chi connectivity index (χ1) is 16.0. The number of rotatable bonds is 8. The van der Waals surface area contributed by atoms with E-state index >= 15 is 0 Å². The Morgan fingerprint density at radius 1 is 1.12 bits per heavy atom. The number of hydrogen-bond acceptors (Lipinski definition) is 7. The van der Waals surface area contributed by atoms with Crippen molar-refractivity contribution in [2.24, 2.45) is 5.92 Å². The minimum atomic E-state index is -0.273. The molecule has 1 aliphatic heterocycles. The molecular formula is C23H27FN6O3. The highest BCUT2D eigenvalue weighted by atomic mass is 19.1.